The van der Waals surface area contributed by atoms with Gasteiger partial charge in [-0.15, -0.1) is 0 Å². The van der Waals surface area contributed by atoms with Gasteiger partial charge in [-0.1, -0.05) is 41.9 Å². The zero-order valence-corrected chi connectivity index (χ0v) is 18.0. The summed E-state index contributed by atoms with van der Waals surface area (Å²) in [7, 11) is 0. The summed E-state index contributed by atoms with van der Waals surface area (Å²) >= 11 is 6.01. The molecular formula is C24H22ClN5O. The third-order valence-corrected chi connectivity index (χ3v) is 6.09. The third kappa shape index (κ3) is 3.64. The second-order valence-electron chi connectivity index (χ2n) is 7.67. The van der Waals surface area contributed by atoms with Crippen molar-refractivity contribution in [1.29, 1.82) is 0 Å². The fraction of sp³-hybridized carbons (Fsp3) is 0.208. The zero-order valence-electron chi connectivity index (χ0n) is 17.2. The van der Waals surface area contributed by atoms with Gasteiger partial charge in [0.25, 0.3) is 5.91 Å². The molecule has 0 radical (unpaired) electrons. The number of fused-ring (bicyclic) bond motifs is 1. The summed E-state index contributed by atoms with van der Waals surface area (Å²) in [4.78, 5) is 22.0. The van der Waals surface area contributed by atoms with Gasteiger partial charge in [0.1, 0.15) is 0 Å². The van der Waals surface area contributed by atoms with Crippen LogP contribution < -0.4 is 4.90 Å². The first-order valence-electron chi connectivity index (χ1n) is 10.3. The summed E-state index contributed by atoms with van der Waals surface area (Å²) in [6.45, 7) is 4.90. The average molecular weight is 432 g/mol. The number of benzene rings is 2. The molecule has 1 saturated heterocycles. The van der Waals surface area contributed by atoms with Gasteiger partial charge in [0.15, 0.2) is 5.65 Å². The highest BCUT2D eigenvalue weighted by Crippen LogP contribution is 2.26. The Balaban J connectivity index is 1.37. The number of nitrogens with zero attached hydrogens (tertiary/aromatic N) is 5. The van der Waals surface area contributed by atoms with E-state index in [2.05, 4.69) is 27.1 Å². The Bertz CT molecular complexity index is 1230. The largest absolute Gasteiger partial charge is 0.368 e. The Morgan fingerprint density at radius 3 is 2.35 bits per heavy atom. The number of anilines is 1. The Morgan fingerprint density at radius 2 is 1.65 bits per heavy atom. The second-order valence-corrected chi connectivity index (χ2v) is 8.11. The number of piperazine rings is 1. The fourth-order valence-electron chi connectivity index (χ4n) is 4.06. The lowest BCUT2D eigenvalue weighted by Crippen LogP contribution is -2.49. The molecule has 1 aliphatic heterocycles. The van der Waals surface area contributed by atoms with Crippen LogP contribution in [0.1, 0.15) is 16.1 Å². The Morgan fingerprint density at radius 1 is 0.935 bits per heavy atom. The molecule has 0 spiro atoms. The molecule has 0 unspecified atom stereocenters. The molecule has 6 nitrogen and oxygen atoms in total. The van der Waals surface area contributed by atoms with Crippen molar-refractivity contribution < 1.29 is 4.79 Å². The van der Waals surface area contributed by atoms with Gasteiger partial charge in [0.05, 0.1) is 17.5 Å². The lowest BCUT2D eigenvalue weighted by Gasteiger charge is -2.36. The van der Waals surface area contributed by atoms with Crippen molar-refractivity contribution >= 4 is 28.8 Å². The van der Waals surface area contributed by atoms with Gasteiger partial charge in [-0.05, 0) is 36.8 Å². The molecule has 5 rings (SSSR count). The van der Waals surface area contributed by atoms with E-state index in [1.807, 2.05) is 54.3 Å². The summed E-state index contributed by atoms with van der Waals surface area (Å²) in [5, 5.41) is 5.18. The number of amides is 1. The predicted octanol–water partition coefficient (Wildman–Crippen LogP) is 4.32. The van der Waals surface area contributed by atoms with Crippen molar-refractivity contribution in [3.8, 4) is 11.1 Å². The Kier molecular flexibility index (Phi) is 5.08. The van der Waals surface area contributed by atoms with Crippen molar-refractivity contribution in [1.82, 2.24) is 19.5 Å². The quantitative estimate of drug-likeness (QED) is 0.484. The van der Waals surface area contributed by atoms with Gasteiger partial charge < -0.3 is 9.80 Å². The van der Waals surface area contributed by atoms with Crippen LogP contribution in [0.3, 0.4) is 0 Å². The number of hydrogen-bond donors (Lipinski definition) is 0. The molecule has 156 valence electrons. The SMILES string of the molecule is Cc1c(C(=O)N2CCN(c3ccccc3)CC2)cnc2c(-c3ccc(Cl)cc3)cnn12. The van der Waals surface area contributed by atoms with Crippen LogP contribution in [0, 0.1) is 6.92 Å². The van der Waals surface area contributed by atoms with Gasteiger partial charge in [0.2, 0.25) is 0 Å². The van der Waals surface area contributed by atoms with Crippen LogP contribution in [-0.4, -0.2) is 51.6 Å². The lowest BCUT2D eigenvalue weighted by molar-refractivity contribution is 0.0745. The summed E-state index contributed by atoms with van der Waals surface area (Å²) in [5.41, 5.74) is 5.20. The molecule has 1 aliphatic rings. The van der Waals surface area contributed by atoms with E-state index in [9.17, 15) is 4.79 Å². The highest BCUT2D eigenvalue weighted by molar-refractivity contribution is 6.30. The predicted molar refractivity (Wildman–Crippen MR) is 123 cm³/mol. The first kappa shape index (κ1) is 19.6. The van der Waals surface area contributed by atoms with Crippen LogP contribution in [-0.2, 0) is 0 Å². The average Bonchev–Trinajstić information content (AvgIpc) is 3.25. The van der Waals surface area contributed by atoms with Crippen LogP contribution in [0.5, 0.6) is 0 Å². The number of aromatic nitrogens is 3. The van der Waals surface area contributed by atoms with Crippen LogP contribution in [0.2, 0.25) is 5.02 Å². The van der Waals surface area contributed by atoms with Crippen molar-refractivity contribution in [2.24, 2.45) is 0 Å². The molecule has 2 aromatic heterocycles. The van der Waals surface area contributed by atoms with E-state index in [0.29, 0.717) is 23.7 Å². The first-order valence-corrected chi connectivity index (χ1v) is 10.7. The minimum Gasteiger partial charge on any atom is -0.368 e. The van der Waals surface area contributed by atoms with E-state index >= 15 is 0 Å². The molecule has 7 heteroatoms. The Labute approximate surface area is 185 Å². The summed E-state index contributed by atoms with van der Waals surface area (Å²) in [6, 6.07) is 17.9. The van der Waals surface area contributed by atoms with Gasteiger partial charge in [-0.3, -0.25) is 4.79 Å². The second kappa shape index (κ2) is 8.04. The summed E-state index contributed by atoms with van der Waals surface area (Å²) < 4.78 is 1.75. The van der Waals surface area contributed by atoms with Crippen LogP contribution in [0.15, 0.2) is 67.0 Å². The van der Waals surface area contributed by atoms with Crippen molar-refractivity contribution in [2.45, 2.75) is 6.92 Å². The van der Waals surface area contributed by atoms with Crippen LogP contribution >= 0.6 is 11.6 Å². The molecule has 4 aromatic rings. The van der Waals surface area contributed by atoms with E-state index < -0.39 is 0 Å². The molecule has 0 aliphatic carbocycles. The van der Waals surface area contributed by atoms with Gasteiger partial charge in [-0.25, -0.2) is 9.50 Å². The number of para-hydroxylation sites is 1. The van der Waals surface area contributed by atoms with Crippen molar-refractivity contribution in [2.75, 3.05) is 31.1 Å². The van der Waals surface area contributed by atoms with Gasteiger partial charge in [-0.2, -0.15) is 5.10 Å². The molecule has 0 saturated carbocycles. The van der Waals surface area contributed by atoms with Crippen molar-refractivity contribution in [3.63, 3.8) is 0 Å². The van der Waals surface area contributed by atoms with E-state index in [1.54, 1.807) is 16.9 Å². The minimum atomic E-state index is 0.00292. The molecule has 1 amide bonds. The van der Waals surface area contributed by atoms with E-state index in [1.165, 1.54) is 5.69 Å². The number of hydrogen-bond acceptors (Lipinski definition) is 4. The maximum absolute atomic E-state index is 13.2. The zero-order chi connectivity index (χ0) is 21.4. The summed E-state index contributed by atoms with van der Waals surface area (Å²) in [5.74, 6) is 0.00292. The standard InChI is InChI=1S/C24H22ClN5O/c1-17-21(24(31)29-13-11-28(12-14-29)20-5-3-2-4-6-20)15-26-23-22(16-27-30(17)23)18-7-9-19(25)10-8-18/h2-10,15-16H,11-14H2,1H3. The monoisotopic (exact) mass is 431 g/mol. The number of rotatable bonds is 3. The Hall–Kier alpha value is -3.38. The topological polar surface area (TPSA) is 53.7 Å². The normalized spacial score (nSPS) is 14.3. The molecular weight excluding hydrogens is 410 g/mol. The molecule has 2 aromatic carbocycles. The van der Waals surface area contributed by atoms with Crippen molar-refractivity contribution in [3.05, 3.63) is 83.3 Å². The maximum Gasteiger partial charge on any atom is 0.257 e. The number of aryl methyl sites for hydroxylation is 1. The van der Waals surface area contributed by atoms with Crippen LogP contribution in [0.4, 0.5) is 5.69 Å². The smallest absolute Gasteiger partial charge is 0.257 e. The molecule has 0 N–H and O–H groups in total. The fourth-order valence-corrected chi connectivity index (χ4v) is 4.19. The number of halogens is 1. The van der Waals surface area contributed by atoms with E-state index in [-0.39, 0.29) is 5.91 Å². The first-order chi connectivity index (χ1) is 15.1. The number of carbonyl (C=O) groups is 1. The maximum atomic E-state index is 13.2. The molecule has 0 atom stereocenters. The third-order valence-electron chi connectivity index (χ3n) is 5.84. The van der Waals surface area contributed by atoms with Gasteiger partial charge >= 0.3 is 0 Å². The molecule has 31 heavy (non-hydrogen) atoms. The molecule has 1 fully saturated rings. The van der Waals surface area contributed by atoms with Gasteiger partial charge in [0, 0.05) is 48.6 Å². The highest BCUT2D eigenvalue weighted by Gasteiger charge is 2.25. The summed E-state index contributed by atoms with van der Waals surface area (Å²) in [6.07, 6.45) is 3.46. The lowest BCUT2D eigenvalue weighted by atomic mass is 10.1. The highest BCUT2D eigenvalue weighted by atomic mass is 35.5. The number of carbonyl (C=O) groups excluding carboxylic acids is 1. The van der Waals surface area contributed by atoms with E-state index in [4.69, 9.17) is 11.6 Å². The molecule has 0 bridgehead atoms. The minimum absolute atomic E-state index is 0.00292. The van der Waals surface area contributed by atoms with E-state index in [0.717, 1.165) is 35.6 Å². The van der Waals surface area contributed by atoms with Crippen LogP contribution in [0.25, 0.3) is 16.8 Å². The molecule has 3 heterocycles.